The van der Waals surface area contributed by atoms with E-state index in [1.807, 2.05) is 12.1 Å². The Morgan fingerprint density at radius 1 is 1.15 bits per heavy atom. The molecule has 1 N–H and O–H groups in total. The minimum atomic E-state index is -0.184. The Balaban J connectivity index is 2.08. The molecule has 0 fully saturated rings. The average molecular weight is 298 g/mol. The standard InChI is InChI=1S/C15H20ClNO3/c1-20-15(19)5-3-2-4-10-17-14(18)11-12-6-8-13(16)9-7-12/h6-9H,2-5,10-11H2,1H3,(H,17,18). The molecular formula is C15H20ClNO3. The Hall–Kier alpha value is -1.55. The van der Waals surface area contributed by atoms with Gasteiger partial charge in [0.15, 0.2) is 0 Å². The van der Waals surface area contributed by atoms with Gasteiger partial charge in [0.1, 0.15) is 0 Å². The van der Waals surface area contributed by atoms with Gasteiger partial charge < -0.3 is 10.1 Å². The highest BCUT2D eigenvalue weighted by Crippen LogP contribution is 2.09. The predicted octanol–water partition coefficient (Wildman–Crippen LogP) is 2.73. The molecular weight excluding hydrogens is 278 g/mol. The number of halogens is 1. The Kier molecular flexibility index (Phi) is 7.73. The van der Waals surface area contributed by atoms with Gasteiger partial charge in [-0.3, -0.25) is 9.59 Å². The normalized spacial score (nSPS) is 10.1. The maximum atomic E-state index is 11.7. The zero-order valence-electron chi connectivity index (χ0n) is 11.7. The van der Waals surface area contributed by atoms with Crippen molar-refractivity contribution in [3.05, 3.63) is 34.9 Å². The van der Waals surface area contributed by atoms with Crippen LogP contribution in [0.25, 0.3) is 0 Å². The third-order valence-corrected chi connectivity index (χ3v) is 3.14. The molecule has 0 unspecified atom stereocenters. The number of rotatable bonds is 8. The number of esters is 1. The van der Waals surface area contributed by atoms with E-state index in [0.717, 1.165) is 24.8 Å². The second kappa shape index (κ2) is 9.37. The average Bonchev–Trinajstić information content (AvgIpc) is 2.44. The summed E-state index contributed by atoms with van der Waals surface area (Å²) in [5, 5.41) is 3.53. The molecule has 1 aromatic rings. The van der Waals surface area contributed by atoms with Crippen molar-refractivity contribution in [1.82, 2.24) is 5.32 Å². The Labute approximate surface area is 124 Å². The monoisotopic (exact) mass is 297 g/mol. The van der Waals surface area contributed by atoms with E-state index in [9.17, 15) is 9.59 Å². The molecule has 4 nitrogen and oxygen atoms in total. The molecule has 1 amide bonds. The maximum Gasteiger partial charge on any atom is 0.305 e. The van der Waals surface area contributed by atoms with Crippen molar-refractivity contribution in [2.75, 3.05) is 13.7 Å². The van der Waals surface area contributed by atoms with Gasteiger partial charge in [0.05, 0.1) is 13.5 Å². The number of amides is 1. The molecule has 1 aromatic carbocycles. The Morgan fingerprint density at radius 3 is 2.50 bits per heavy atom. The summed E-state index contributed by atoms with van der Waals surface area (Å²) in [4.78, 5) is 22.5. The molecule has 0 radical (unpaired) electrons. The van der Waals surface area contributed by atoms with Gasteiger partial charge in [0.2, 0.25) is 5.91 Å². The van der Waals surface area contributed by atoms with Crippen molar-refractivity contribution in [2.45, 2.75) is 32.1 Å². The number of unbranched alkanes of at least 4 members (excludes halogenated alkanes) is 2. The molecule has 110 valence electrons. The van der Waals surface area contributed by atoms with Crippen LogP contribution in [-0.4, -0.2) is 25.5 Å². The van der Waals surface area contributed by atoms with Crippen molar-refractivity contribution in [2.24, 2.45) is 0 Å². The fourth-order valence-corrected chi connectivity index (χ4v) is 1.88. The van der Waals surface area contributed by atoms with Crippen molar-refractivity contribution in [1.29, 1.82) is 0 Å². The number of nitrogens with one attached hydrogen (secondary N) is 1. The molecule has 0 bridgehead atoms. The lowest BCUT2D eigenvalue weighted by Crippen LogP contribution is -2.26. The topological polar surface area (TPSA) is 55.4 Å². The van der Waals surface area contributed by atoms with Crippen molar-refractivity contribution in [3.63, 3.8) is 0 Å². The summed E-state index contributed by atoms with van der Waals surface area (Å²) in [5.74, 6) is -0.183. The first-order valence-electron chi connectivity index (χ1n) is 6.70. The van der Waals surface area contributed by atoms with Crippen LogP contribution in [0.15, 0.2) is 24.3 Å². The van der Waals surface area contributed by atoms with E-state index in [1.165, 1.54) is 7.11 Å². The van der Waals surface area contributed by atoms with E-state index >= 15 is 0 Å². The van der Waals surface area contributed by atoms with Gasteiger partial charge in [-0.25, -0.2) is 0 Å². The molecule has 0 aromatic heterocycles. The minimum Gasteiger partial charge on any atom is -0.469 e. The van der Waals surface area contributed by atoms with Crippen LogP contribution in [0.5, 0.6) is 0 Å². The van der Waals surface area contributed by atoms with E-state index < -0.39 is 0 Å². The van der Waals surface area contributed by atoms with Crippen LogP contribution >= 0.6 is 11.6 Å². The molecule has 0 saturated heterocycles. The highest BCUT2D eigenvalue weighted by Gasteiger charge is 2.03. The summed E-state index contributed by atoms with van der Waals surface area (Å²) >= 11 is 5.78. The summed E-state index contributed by atoms with van der Waals surface area (Å²) in [6, 6.07) is 7.24. The first-order chi connectivity index (χ1) is 9.61. The zero-order chi connectivity index (χ0) is 14.8. The molecule has 0 aliphatic carbocycles. The number of ether oxygens (including phenoxy) is 1. The molecule has 0 atom stereocenters. The molecule has 0 saturated carbocycles. The molecule has 0 heterocycles. The Morgan fingerprint density at radius 2 is 1.85 bits per heavy atom. The smallest absolute Gasteiger partial charge is 0.305 e. The maximum absolute atomic E-state index is 11.7. The quantitative estimate of drug-likeness (QED) is 0.593. The lowest BCUT2D eigenvalue weighted by Gasteiger charge is -2.05. The van der Waals surface area contributed by atoms with Crippen LogP contribution in [0, 0.1) is 0 Å². The lowest BCUT2D eigenvalue weighted by molar-refractivity contribution is -0.140. The fraction of sp³-hybridized carbons (Fsp3) is 0.467. The van der Waals surface area contributed by atoms with Crippen LogP contribution in [0.4, 0.5) is 0 Å². The second-order valence-electron chi connectivity index (χ2n) is 4.54. The molecule has 0 aliphatic rings. The molecule has 1 rings (SSSR count). The van der Waals surface area contributed by atoms with Crippen molar-refractivity contribution >= 4 is 23.5 Å². The number of hydrogen-bond donors (Lipinski definition) is 1. The Bertz CT molecular complexity index is 431. The lowest BCUT2D eigenvalue weighted by atomic mass is 10.1. The van der Waals surface area contributed by atoms with Gasteiger partial charge in [0.25, 0.3) is 0 Å². The van der Waals surface area contributed by atoms with Crippen LogP contribution in [0.1, 0.15) is 31.2 Å². The SMILES string of the molecule is COC(=O)CCCCCNC(=O)Cc1ccc(Cl)cc1. The summed E-state index contributed by atoms with van der Waals surface area (Å²) in [6.07, 6.45) is 3.36. The van der Waals surface area contributed by atoms with E-state index in [-0.39, 0.29) is 11.9 Å². The first-order valence-corrected chi connectivity index (χ1v) is 7.07. The highest BCUT2D eigenvalue weighted by atomic mass is 35.5. The van der Waals surface area contributed by atoms with Crippen molar-refractivity contribution in [3.8, 4) is 0 Å². The van der Waals surface area contributed by atoms with Gasteiger partial charge >= 0.3 is 5.97 Å². The van der Waals surface area contributed by atoms with Crippen LogP contribution in [0.3, 0.4) is 0 Å². The number of carbonyl (C=O) groups excluding carboxylic acids is 2. The van der Waals surface area contributed by atoms with Gasteiger partial charge in [-0.2, -0.15) is 0 Å². The predicted molar refractivity (Wildman–Crippen MR) is 78.6 cm³/mol. The van der Waals surface area contributed by atoms with E-state index in [0.29, 0.717) is 24.4 Å². The summed E-state index contributed by atoms with van der Waals surface area (Å²) in [5.41, 5.74) is 0.942. The molecule has 0 aliphatic heterocycles. The van der Waals surface area contributed by atoms with Gasteiger partial charge in [-0.1, -0.05) is 30.2 Å². The van der Waals surface area contributed by atoms with E-state index in [1.54, 1.807) is 12.1 Å². The van der Waals surface area contributed by atoms with Crippen LogP contribution in [0.2, 0.25) is 5.02 Å². The van der Waals surface area contributed by atoms with E-state index in [2.05, 4.69) is 10.1 Å². The number of methoxy groups -OCH3 is 1. The number of benzene rings is 1. The summed E-state index contributed by atoms with van der Waals surface area (Å²) in [7, 11) is 1.39. The van der Waals surface area contributed by atoms with Gasteiger partial charge in [0, 0.05) is 18.0 Å². The largest absolute Gasteiger partial charge is 0.469 e. The first kappa shape index (κ1) is 16.5. The molecule has 5 heteroatoms. The molecule has 0 spiro atoms. The van der Waals surface area contributed by atoms with Gasteiger partial charge in [-0.05, 0) is 30.5 Å². The van der Waals surface area contributed by atoms with Crippen LogP contribution < -0.4 is 5.32 Å². The highest BCUT2D eigenvalue weighted by molar-refractivity contribution is 6.30. The second-order valence-corrected chi connectivity index (χ2v) is 4.98. The number of hydrogen-bond acceptors (Lipinski definition) is 3. The van der Waals surface area contributed by atoms with Gasteiger partial charge in [-0.15, -0.1) is 0 Å². The zero-order valence-corrected chi connectivity index (χ0v) is 12.4. The number of carbonyl (C=O) groups is 2. The third kappa shape index (κ3) is 7.14. The molecule has 20 heavy (non-hydrogen) atoms. The van der Waals surface area contributed by atoms with Crippen LogP contribution in [-0.2, 0) is 20.7 Å². The minimum absolute atomic E-state index is 0.000269. The summed E-state index contributed by atoms with van der Waals surface area (Å²) < 4.78 is 4.55. The van der Waals surface area contributed by atoms with E-state index in [4.69, 9.17) is 11.6 Å². The third-order valence-electron chi connectivity index (χ3n) is 2.89. The fourth-order valence-electron chi connectivity index (χ4n) is 1.75. The van der Waals surface area contributed by atoms with Crippen molar-refractivity contribution < 1.29 is 14.3 Å². The summed E-state index contributed by atoms with van der Waals surface area (Å²) in [6.45, 7) is 0.633.